The van der Waals surface area contributed by atoms with E-state index in [1.807, 2.05) is 13.0 Å². The third kappa shape index (κ3) is 5.58. The molecule has 0 aliphatic heterocycles. The Kier molecular flexibility index (Phi) is 5.78. The lowest BCUT2D eigenvalue weighted by molar-refractivity contribution is -0.145. The lowest BCUT2D eigenvalue weighted by Crippen LogP contribution is -2.28. The molecule has 0 aliphatic rings. The van der Waals surface area contributed by atoms with Crippen molar-refractivity contribution in [2.45, 2.75) is 74.7 Å². The van der Waals surface area contributed by atoms with Crippen LogP contribution in [0.25, 0.3) is 0 Å². The molecule has 0 saturated heterocycles. The van der Waals surface area contributed by atoms with Crippen molar-refractivity contribution >= 4 is 11.9 Å². The van der Waals surface area contributed by atoms with Crippen LogP contribution in [0, 0.1) is 17.8 Å². The molecule has 0 spiro atoms. The van der Waals surface area contributed by atoms with Gasteiger partial charge in [0, 0.05) is 0 Å². The zero-order valence-corrected chi connectivity index (χ0v) is 17.3. The van der Waals surface area contributed by atoms with Gasteiger partial charge in [-0.15, -0.1) is 0 Å². The van der Waals surface area contributed by atoms with Gasteiger partial charge in [0.1, 0.15) is 0 Å². The molecular weight excluding hydrogens is 316 g/mol. The van der Waals surface area contributed by atoms with Crippen LogP contribution in [0.5, 0.6) is 11.5 Å². The van der Waals surface area contributed by atoms with Crippen LogP contribution in [0.15, 0.2) is 12.1 Å². The lowest BCUT2D eigenvalue weighted by Gasteiger charge is -2.25. The van der Waals surface area contributed by atoms with E-state index in [-0.39, 0.29) is 17.4 Å². The summed E-state index contributed by atoms with van der Waals surface area (Å²) in [5.74, 6) is -0.133. The van der Waals surface area contributed by atoms with Crippen LogP contribution in [-0.2, 0) is 15.0 Å². The molecule has 4 nitrogen and oxygen atoms in total. The highest BCUT2D eigenvalue weighted by atomic mass is 16.6. The van der Waals surface area contributed by atoms with E-state index in [4.69, 9.17) is 9.47 Å². The second-order valence-electron chi connectivity index (χ2n) is 9.65. The fourth-order valence-corrected chi connectivity index (χ4v) is 1.88. The standard InChI is InChI=1S/C21H32O4/c1-13-11-14(19(2,3)4)12-15(24-17(22)20(5,6)7)16(13)25-18(23)21(8,9)10/h11-12H,1-10H3. The fraction of sp³-hybridized carbons (Fsp3) is 0.619. The van der Waals surface area contributed by atoms with Gasteiger partial charge in [-0.3, -0.25) is 9.59 Å². The summed E-state index contributed by atoms with van der Waals surface area (Å²) in [6, 6.07) is 3.77. The number of aryl methyl sites for hydroxylation is 1. The van der Waals surface area contributed by atoms with Gasteiger partial charge < -0.3 is 9.47 Å². The summed E-state index contributed by atoms with van der Waals surface area (Å²) < 4.78 is 11.2. The van der Waals surface area contributed by atoms with Crippen molar-refractivity contribution in [3.63, 3.8) is 0 Å². The largest absolute Gasteiger partial charge is 0.422 e. The van der Waals surface area contributed by atoms with Gasteiger partial charge in [0.05, 0.1) is 10.8 Å². The van der Waals surface area contributed by atoms with E-state index in [1.54, 1.807) is 47.6 Å². The van der Waals surface area contributed by atoms with E-state index in [9.17, 15) is 9.59 Å². The number of benzene rings is 1. The Bertz CT molecular complexity index is 665. The van der Waals surface area contributed by atoms with Crippen LogP contribution < -0.4 is 9.47 Å². The minimum Gasteiger partial charge on any atom is -0.422 e. The van der Waals surface area contributed by atoms with Crippen molar-refractivity contribution in [3.05, 3.63) is 23.3 Å². The maximum atomic E-state index is 12.4. The first-order valence-electron chi connectivity index (χ1n) is 8.63. The summed E-state index contributed by atoms with van der Waals surface area (Å²) in [5.41, 5.74) is 0.344. The normalized spacial score (nSPS) is 12.7. The maximum absolute atomic E-state index is 12.4. The molecule has 0 N–H and O–H groups in total. The molecule has 0 radical (unpaired) electrons. The topological polar surface area (TPSA) is 52.6 Å². The molecule has 140 valence electrons. The van der Waals surface area contributed by atoms with Gasteiger partial charge in [0.25, 0.3) is 0 Å². The summed E-state index contributed by atoms with van der Waals surface area (Å²) in [7, 11) is 0. The quantitative estimate of drug-likeness (QED) is 0.545. The molecule has 0 saturated carbocycles. The van der Waals surface area contributed by atoms with Crippen LogP contribution in [-0.4, -0.2) is 11.9 Å². The van der Waals surface area contributed by atoms with Gasteiger partial charge >= 0.3 is 11.9 Å². The van der Waals surface area contributed by atoms with Crippen molar-refractivity contribution in [1.82, 2.24) is 0 Å². The van der Waals surface area contributed by atoms with E-state index in [2.05, 4.69) is 20.8 Å². The molecule has 0 fully saturated rings. The maximum Gasteiger partial charge on any atom is 0.316 e. The summed E-state index contributed by atoms with van der Waals surface area (Å²) in [6.07, 6.45) is 0. The van der Waals surface area contributed by atoms with Crippen LogP contribution in [0.3, 0.4) is 0 Å². The van der Waals surface area contributed by atoms with E-state index in [1.165, 1.54) is 0 Å². The van der Waals surface area contributed by atoms with Crippen molar-refractivity contribution in [2.24, 2.45) is 10.8 Å². The molecule has 0 heterocycles. The average molecular weight is 348 g/mol. The zero-order chi connectivity index (χ0) is 19.8. The number of hydrogen-bond donors (Lipinski definition) is 0. The number of esters is 2. The van der Waals surface area contributed by atoms with Crippen molar-refractivity contribution in [1.29, 1.82) is 0 Å². The van der Waals surface area contributed by atoms with E-state index < -0.39 is 10.8 Å². The second-order valence-corrected chi connectivity index (χ2v) is 9.65. The van der Waals surface area contributed by atoms with Crippen LogP contribution in [0.1, 0.15) is 73.4 Å². The highest BCUT2D eigenvalue weighted by Crippen LogP contribution is 2.38. The molecule has 0 amide bonds. The van der Waals surface area contributed by atoms with E-state index >= 15 is 0 Å². The predicted molar refractivity (Wildman–Crippen MR) is 100 cm³/mol. The molecule has 4 heteroatoms. The van der Waals surface area contributed by atoms with E-state index in [0.29, 0.717) is 11.5 Å². The SMILES string of the molecule is Cc1cc(C(C)(C)C)cc(OC(=O)C(C)(C)C)c1OC(=O)C(C)(C)C. The summed E-state index contributed by atoms with van der Waals surface area (Å²) in [4.78, 5) is 24.7. The minimum absolute atomic E-state index is 0.125. The molecule has 25 heavy (non-hydrogen) atoms. The Morgan fingerprint density at radius 1 is 0.760 bits per heavy atom. The van der Waals surface area contributed by atoms with Gasteiger partial charge in [-0.25, -0.2) is 0 Å². The first kappa shape index (κ1) is 21.2. The Balaban J connectivity index is 3.43. The third-order valence-corrected chi connectivity index (χ3v) is 3.73. The highest BCUT2D eigenvalue weighted by Gasteiger charge is 2.30. The van der Waals surface area contributed by atoms with Gasteiger partial charge in [0.2, 0.25) is 0 Å². The van der Waals surface area contributed by atoms with Crippen LogP contribution >= 0.6 is 0 Å². The minimum atomic E-state index is -0.656. The first-order chi connectivity index (χ1) is 11.0. The number of carbonyl (C=O) groups is 2. The second kappa shape index (κ2) is 6.81. The average Bonchev–Trinajstić information content (AvgIpc) is 2.38. The summed E-state index contributed by atoms with van der Waals surface area (Å²) in [6.45, 7) is 18.8. The molecular formula is C21H32O4. The van der Waals surface area contributed by atoms with Gasteiger partial charge in [-0.1, -0.05) is 26.8 Å². The Hall–Kier alpha value is -1.84. The van der Waals surface area contributed by atoms with Gasteiger partial charge in [-0.2, -0.15) is 0 Å². The molecule has 0 unspecified atom stereocenters. The zero-order valence-electron chi connectivity index (χ0n) is 17.3. The molecule has 0 aromatic heterocycles. The predicted octanol–water partition coefficient (Wildman–Crippen LogP) is 5.20. The fourth-order valence-electron chi connectivity index (χ4n) is 1.88. The monoisotopic (exact) mass is 348 g/mol. The van der Waals surface area contributed by atoms with Gasteiger partial charge in [-0.05, 0) is 71.1 Å². The number of rotatable bonds is 2. The molecule has 0 atom stereocenters. The number of hydrogen-bond acceptors (Lipinski definition) is 4. The molecule has 1 aromatic rings. The van der Waals surface area contributed by atoms with Crippen molar-refractivity contribution in [2.75, 3.05) is 0 Å². The Morgan fingerprint density at radius 3 is 1.60 bits per heavy atom. The van der Waals surface area contributed by atoms with Crippen LogP contribution in [0.4, 0.5) is 0 Å². The summed E-state index contributed by atoms with van der Waals surface area (Å²) >= 11 is 0. The van der Waals surface area contributed by atoms with Gasteiger partial charge in [0.15, 0.2) is 11.5 Å². The molecule has 1 rings (SSSR count). The molecule has 0 bridgehead atoms. The van der Waals surface area contributed by atoms with Crippen LogP contribution in [0.2, 0.25) is 0 Å². The number of ether oxygens (including phenoxy) is 2. The Labute approximate surface area is 151 Å². The Morgan fingerprint density at radius 2 is 1.20 bits per heavy atom. The third-order valence-electron chi connectivity index (χ3n) is 3.73. The highest BCUT2D eigenvalue weighted by molar-refractivity contribution is 5.81. The van der Waals surface area contributed by atoms with Crippen molar-refractivity contribution in [3.8, 4) is 11.5 Å². The first-order valence-corrected chi connectivity index (χ1v) is 8.63. The molecule has 1 aromatic carbocycles. The smallest absolute Gasteiger partial charge is 0.316 e. The van der Waals surface area contributed by atoms with Crippen molar-refractivity contribution < 1.29 is 19.1 Å². The van der Waals surface area contributed by atoms with E-state index in [0.717, 1.165) is 11.1 Å². The summed E-state index contributed by atoms with van der Waals surface area (Å²) in [5, 5.41) is 0. The number of carbonyl (C=O) groups excluding carboxylic acids is 2. The lowest BCUT2D eigenvalue weighted by atomic mass is 9.86. The molecule has 0 aliphatic carbocycles.